The van der Waals surface area contributed by atoms with Gasteiger partial charge in [0.15, 0.2) is 0 Å². The summed E-state index contributed by atoms with van der Waals surface area (Å²) < 4.78 is 0. The minimum atomic E-state index is 0. The average Bonchev–Trinajstić information content (AvgIpc) is 2.39. The highest BCUT2D eigenvalue weighted by atomic mass is 35.5. The summed E-state index contributed by atoms with van der Waals surface area (Å²) in [7, 11) is 1.92. The molecule has 4 heteroatoms. The van der Waals surface area contributed by atoms with Crippen molar-refractivity contribution in [3.8, 4) is 0 Å². The first-order chi connectivity index (χ1) is 8.70. The van der Waals surface area contributed by atoms with Gasteiger partial charge in [0.1, 0.15) is 0 Å². The fraction of sp³-hybridized carbons (Fsp3) is 0.533. The predicted molar refractivity (Wildman–Crippen MR) is 80.8 cm³/mol. The molecule has 1 heterocycles. The topological polar surface area (TPSA) is 32.3 Å². The summed E-state index contributed by atoms with van der Waals surface area (Å²) in [6.07, 6.45) is 2.37. The molecule has 3 nitrogen and oxygen atoms in total. The van der Waals surface area contributed by atoms with Crippen LogP contribution in [-0.4, -0.2) is 30.9 Å². The van der Waals surface area contributed by atoms with E-state index in [0.717, 1.165) is 31.6 Å². The average molecular weight is 283 g/mol. The van der Waals surface area contributed by atoms with Crippen LogP contribution in [0.1, 0.15) is 35.7 Å². The summed E-state index contributed by atoms with van der Waals surface area (Å²) in [5.41, 5.74) is 2.02. The second-order valence-corrected chi connectivity index (χ2v) is 5.23. The highest BCUT2D eigenvalue weighted by Crippen LogP contribution is 2.18. The van der Waals surface area contributed by atoms with Crippen LogP contribution in [0.5, 0.6) is 0 Å². The molecule has 1 fully saturated rings. The van der Waals surface area contributed by atoms with Crippen LogP contribution in [0.15, 0.2) is 24.3 Å². The molecule has 1 aliphatic rings. The lowest BCUT2D eigenvalue weighted by molar-refractivity contribution is 0.0683. The van der Waals surface area contributed by atoms with Crippen molar-refractivity contribution in [2.45, 2.75) is 26.3 Å². The minimum Gasteiger partial charge on any atom is -0.338 e. The summed E-state index contributed by atoms with van der Waals surface area (Å²) in [5.74, 6) is 0.809. The van der Waals surface area contributed by atoms with E-state index in [1.807, 2.05) is 36.2 Å². The van der Waals surface area contributed by atoms with E-state index in [-0.39, 0.29) is 18.3 Å². The molecule has 0 aliphatic carbocycles. The maximum Gasteiger partial charge on any atom is 0.253 e. The van der Waals surface area contributed by atoms with Gasteiger partial charge < -0.3 is 10.2 Å². The van der Waals surface area contributed by atoms with Crippen molar-refractivity contribution in [2.75, 3.05) is 20.1 Å². The molecule has 1 atom stereocenters. The Morgan fingerprint density at radius 1 is 1.37 bits per heavy atom. The van der Waals surface area contributed by atoms with Gasteiger partial charge in [-0.05, 0) is 43.5 Å². The molecule has 1 N–H and O–H groups in total. The summed E-state index contributed by atoms with van der Waals surface area (Å²) in [4.78, 5) is 14.3. The molecule has 106 valence electrons. The highest BCUT2D eigenvalue weighted by molar-refractivity contribution is 5.94. The van der Waals surface area contributed by atoms with E-state index in [1.165, 1.54) is 12.0 Å². The summed E-state index contributed by atoms with van der Waals surface area (Å²) >= 11 is 0. The maximum absolute atomic E-state index is 12.3. The molecule has 0 aromatic heterocycles. The lowest BCUT2D eigenvalue weighted by atomic mass is 9.99. The van der Waals surface area contributed by atoms with Crippen LogP contribution in [0.2, 0.25) is 0 Å². The van der Waals surface area contributed by atoms with Crippen molar-refractivity contribution in [2.24, 2.45) is 5.92 Å². The molecular formula is C15H23ClN2O. The second-order valence-electron chi connectivity index (χ2n) is 5.23. The number of piperidine rings is 1. The van der Waals surface area contributed by atoms with E-state index in [2.05, 4.69) is 12.2 Å². The summed E-state index contributed by atoms with van der Waals surface area (Å²) in [5, 5.41) is 3.11. The Morgan fingerprint density at radius 2 is 2.05 bits per heavy atom. The number of benzene rings is 1. The number of likely N-dealkylation sites (tertiary alicyclic amines) is 1. The molecule has 1 aromatic carbocycles. The summed E-state index contributed by atoms with van der Waals surface area (Å²) in [6, 6.07) is 7.93. The zero-order valence-electron chi connectivity index (χ0n) is 11.7. The number of carbonyl (C=O) groups is 1. The minimum absolute atomic E-state index is 0. The van der Waals surface area contributed by atoms with Crippen molar-refractivity contribution in [1.29, 1.82) is 0 Å². The molecule has 1 unspecified atom stereocenters. The Kier molecular flexibility index (Phi) is 6.32. The van der Waals surface area contributed by atoms with E-state index in [4.69, 9.17) is 0 Å². The van der Waals surface area contributed by atoms with Crippen molar-refractivity contribution in [1.82, 2.24) is 10.2 Å². The smallest absolute Gasteiger partial charge is 0.253 e. The fourth-order valence-electron chi connectivity index (χ4n) is 2.53. The van der Waals surface area contributed by atoms with Crippen LogP contribution >= 0.6 is 12.4 Å². The molecule has 2 rings (SSSR count). The third-order valence-electron chi connectivity index (χ3n) is 3.53. The summed E-state index contributed by atoms with van der Waals surface area (Å²) in [6.45, 7) is 4.86. The second kappa shape index (κ2) is 7.51. The Balaban J connectivity index is 0.00000180. The Morgan fingerprint density at radius 3 is 2.63 bits per heavy atom. The standard InChI is InChI=1S/C15H22N2O.ClH/c1-12-4-3-9-17(11-12)15(18)14-7-5-13(6-8-14)10-16-2;/h5-8,12,16H,3-4,9-11H2,1-2H3;1H. The monoisotopic (exact) mass is 282 g/mol. The maximum atomic E-state index is 12.3. The number of hydrogen-bond donors (Lipinski definition) is 1. The molecular weight excluding hydrogens is 260 g/mol. The van der Waals surface area contributed by atoms with E-state index >= 15 is 0 Å². The van der Waals surface area contributed by atoms with Crippen LogP contribution < -0.4 is 5.32 Å². The van der Waals surface area contributed by atoms with E-state index in [0.29, 0.717) is 5.92 Å². The molecule has 1 saturated heterocycles. The van der Waals surface area contributed by atoms with Crippen LogP contribution in [-0.2, 0) is 6.54 Å². The van der Waals surface area contributed by atoms with Crippen LogP contribution in [0.3, 0.4) is 0 Å². The molecule has 0 radical (unpaired) electrons. The quantitative estimate of drug-likeness (QED) is 0.924. The van der Waals surface area contributed by atoms with Crippen LogP contribution in [0.25, 0.3) is 0 Å². The third kappa shape index (κ3) is 4.22. The zero-order chi connectivity index (χ0) is 13.0. The first kappa shape index (κ1) is 16.0. The number of hydrogen-bond acceptors (Lipinski definition) is 2. The number of halogens is 1. The number of nitrogens with one attached hydrogen (secondary N) is 1. The van der Waals surface area contributed by atoms with Crippen LogP contribution in [0, 0.1) is 5.92 Å². The van der Waals surface area contributed by atoms with Crippen molar-refractivity contribution >= 4 is 18.3 Å². The predicted octanol–water partition coefficient (Wildman–Crippen LogP) is 2.70. The Hall–Kier alpha value is -1.06. The Labute approximate surface area is 121 Å². The van der Waals surface area contributed by atoms with Gasteiger partial charge in [0.05, 0.1) is 0 Å². The van der Waals surface area contributed by atoms with Crippen molar-refractivity contribution in [3.05, 3.63) is 35.4 Å². The van der Waals surface area contributed by atoms with Gasteiger partial charge in [-0.1, -0.05) is 19.1 Å². The zero-order valence-corrected chi connectivity index (χ0v) is 12.5. The Bertz CT molecular complexity index is 405. The first-order valence-electron chi connectivity index (χ1n) is 6.73. The molecule has 1 aliphatic heterocycles. The van der Waals surface area contributed by atoms with E-state index < -0.39 is 0 Å². The number of amides is 1. The number of nitrogens with zero attached hydrogens (tertiary/aromatic N) is 1. The largest absolute Gasteiger partial charge is 0.338 e. The SMILES string of the molecule is CNCc1ccc(C(=O)N2CCCC(C)C2)cc1.Cl. The van der Waals surface area contributed by atoms with Gasteiger partial charge in [0.25, 0.3) is 5.91 Å². The number of carbonyl (C=O) groups excluding carboxylic acids is 1. The van der Waals surface area contributed by atoms with Crippen LogP contribution in [0.4, 0.5) is 0 Å². The highest BCUT2D eigenvalue weighted by Gasteiger charge is 2.21. The van der Waals surface area contributed by atoms with Crippen molar-refractivity contribution in [3.63, 3.8) is 0 Å². The molecule has 0 saturated carbocycles. The van der Waals surface area contributed by atoms with Gasteiger partial charge >= 0.3 is 0 Å². The molecule has 1 aromatic rings. The van der Waals surface area contributed by atoms with E-state index in [9.17, 15) is 4.79 Å². The normalized spacial score (nSPS) is 18.8. The van der Waals surface area contributed by atoms with Gasteiger partial charge in [-0.2, -0.15) is 0 Å². The van der Waals surface area contributed by atoms with Gasteiger partial charge in [-0.15, -0.1) is 12.4 Å². The van der Waals surface area contributed by atoms with Gasteiger partial charge in [0.2, 0.25) is 0 Å². The first-order valence-corrected chi connectivity index (χ1v) is 6.73. The third-order valence-corrected chi connectivity index (χ3v) is 3.53. The molecule has 0 bridgehead atoms. The van der Waals surface area contributed by atoms with E-state index in [1.54, 1.807) is 0 Å². The molecule has 0 spiro atoms. The molecule has 1 amide bonds. The van der Waals surface area contributed by atoms with Gasteiger partial charge in [-0.25, -0.2) is 0 Å². The van der Waals surface area contributed by atoms with Gasteiger partial charge in [-0.3, -0.25) is 4.79 Å². The fourth-order valence-corrected chi connectivity index (χ4v) is 2.53. The number of rotatable bonds is 3. The molecule has 19 heavy (non-hydrogen) atoms. The lowest BCUT2D eigenvalue weighted by Gasteiger charge is -2.31. The lowest BCUT2D eigenvalue weighted by Crippen LogP contribution is -2.39. The van der Waals surface area contributed by atoms with Crippen molar-refractivity contribution < 1.29 is 4.79 Å². The van der Waals surface area contributed by atoms with Gasteiger partial charge in [0, 0.05) is 25.2 Å².